The molecule has 0 radical (unpaired) electrons. The average molecular weight is 530 g/mol. The first-order chi connectivity index (χ1) is 15.2. The summed E-state index contributed by atoms with van der Waals surface area (Å²) in [5, 5.41) is 18.5. The van der Waals surface area contributed by atoms with Crippen molar-refractivity contribution in [2.24, 2.45) is 0 Å². The number of hydrogen-bond donors (Lipinski definition) is 2. The molecule has 3 aromatic rings. The minimum Gasteiger partial charge on any atom is -0.478 e. The third-order valence-corrected chi connectivity index (χ3v) is 6.32. The molecule has 7 nitrogen and oxygen atoms in total. The van der Waals surface area contributed by atoms with E-state index in [9.17, 15) is 24.6 Å². The first-order valence-electron chi connectivity index (χ1n) is 8.98. The Labute approximate surface area is 199 Å². The standard InChI is InChI=1S/C22H12BrNO6S2/c23-14-1-3-15(4-2-14)24-19(25)18(32-22(24)31)10-16-5-6-17(30-16)11-7-12(20(26)27)9-13(8-11)21(28)29/h1-10H,(H,26,27)(H,28,29)/b18-10+. The van der Waals surface area contributed by atoms with Crippen molar-refractivity contribution in [3.05, 3.63) is 80.9 Å². The number of carbonyl (C=O) groups excluding carboxylic acids is 1. The van der Waals surface area contributed by atoms with Gasteiger partial charge in [-0.3, -0.25) is 9.69 Å². The van der Waals surface area contributed by atoms with Crippen LogP contribution in [0.1, 0.15) is 26.5 Å². The highest BCUT2D eigenvalue weighted by atomic mass is 79.9. The molecule has 1 aliphatic heterocycles. The number of anilines is 1. The van der Waals surface area contributed by atoms with Crippen LogP contribution in [0, 0.1) is 0 Å². The van der Waals surface area contributed by atoms with Crippen LogP contribution in [0.5, 0.6) is 0 Å². The van der Waals surface area contributed by atoms with Gasteiger partial charge in [0.2, 0.25) is 0 Å². The maximum Gasteiger partial charge on any atom is 0.335 e. The number of thiocarbonyl (C=S) groups is 1. The predicted octanol–water partition coefficient (Wildman–Crippen LogP) is 5.51. The van der Waals surface area contributed by atoms with Crippen LogP contribution in [0.4, 0.5) is 5.69 Å². The van der Waals surface area contributed by atoms with Gasteiger partial charge in [0.05, 0.1) is 21.7 Å². The summed E-state index contributed by atoms with van der Waals surface area (Å²) in [5.41, 5.74) is 0.594. The number of carboxylic acids is 2. The smallest absolute Gasteiger partial charge is 0.335 e. The van der Waals surface area contributed by atoms with Crippen molar-refractivity contribution in [3.63, 3.8) is 0 Å². The summed E-state index contributed by atoms with van der Waals surface area (Å²) in [6, 6.07) is 14.1. The number of hydrogen-bond acceptors (Lipinski definition) is 6. The van der Waals surface area contributed by atoms with E-state index in [0.29, 0.717) is 26.2 Å². The van der Waals surface area contributed by atoms with Gasteiger partial charge in [-0.25, -0.2) is 9.59 Å². The van der Waals surface area contributed by atoms with Crippen LogP contribution in [0.2, 0.25) is 0 Å². The zero-order valence-electron chi connectivity index (χ0n) is 15.9. The summed E-state index contributed by atoms with van der Waals surface area (Å²) in [6.45, 7) is 0. The molecule has 0 unspecified atom stereocenters. The molecule has 2 aromatic carbocycles. The van der Waals surface area contributed by atoms with Crippen LogP contribution in [0.25, 0.3) is 17.4 Å². The fourth-order valence-corrected chi connectivity index (χ4v) is 4.56. The van der Waals surface area contributed by atoms with Crippen LogP contribution in [-0.4, -0.2) is 32.4 Å². The Bertz CT molecular complexity index is 1280. The third-order valence-electron chi connectivity index (χ3n) is 4.49. The van der Waals surface area contributed by atoms with Crippen molar-refractivity contribution in [2.45, 2.75) is 0 Å². The molecule has 1 amide bonds. The van der Waals surface area contributed by atoms with Gasteiger partial charge < -0.3 is 14.6 Å². The molecule has 0 bridgehead atoms. The molecule has 10 heteroatoms. The lowest BCUT2D eigenvalue weighted by Gasteiger charge is -2.14. The van der Waals surface area contributed by atoms with E-state index in [2.05, 4.69) is 15.9 Å². The summed E-state index contributed by atoms with van der Waals surface area (Å²) in [4.78, 5) is 37.4. The van der Waals surface area contributed by atoms with Gasteiger partial charge in [-0.05, 0) is 54.6 Å². The summed E-state index contributed by atoms with van der Waals surface area (Å²) in [6.07, 6.45) is 1.54. The quantitative estimate of drug-likeness (QED) is 0.329. The molecular formula is C22H12BrNO6S2. The fourth-order valence-electron chi connectivity index (χ4n) is 3.01. The molecule has 0 atom stereocenters. The first kappa shape index (κ1) is 22.0. The normalized spacial score (nSPS) is 14.9. The van der Waals surface area contributed by atoms with Crippen LogP contribution in [0.3, 0.4) is 0 Å². The minimum atomic E-state index is -1.25. The number of furan rings is 1. The zero-order chi connectivity index (χ0) is 23.0. The maximum atomic E-state index is 12.9. The largest absolute Gasteiger partial charge is 0.478 e. The molecule has 1 saturated heterocycles. The highest BCUT2D eigenvalue weighted by Crippen LogP contribution is 2.37. The molecule has 1 aromatic heterocycles. The number of amides is 1. The zero-order valence-corrected chi connectivity index (χ0v) is 19.2. The molecule has 160 valence electrons. The number of thioether (sulfide) groups is 1. The van der Waals surface area contributed by atoms with Gasteiger partial charge in [-0.15, -0.1) is 0 Å². The number of carbonyl (C=O) groups is 3. The lowest BCUT2D eigenvalue weighted by molar-refractivity contribution is -0.113. The molecule has 4 rings (SSSR count). The molecule has 2 N–H and O–H groups in total. The molecule has 0 spiro atoms. The number of rotatable bonds is 5. The van der Waals surface area contributed by atoms with Crippen LogP contribution >= 0.6 is 39.9 Å². The maximum absolute atomic E-state index is 12.9. The van der Waals surface area contributed by atoms with Gasteiger partial charge in [-0.2, -0.15) is 0 Å². The number of benzene rings is 2. The highest BCUT2D eigenvalue weighted by molar-refractivity contribution is 9.10. The van der Waals surface area contributed by atoms with Gasteiger partial charge in [0.1, 0.15) is 11.5 Å². The van der Waals surface area contributed by atoms with Crippen LogP contribution in [-0.2, 0) is 4.79 Å². The monoisotopic (exact) mass is 529 g/mol. The van der Waals surface area contributed by atoms with Crippen LogP contribution < -0.4 is 4.90 Å². The Morgan fingerprint density at radius 2 is 1.62 bits per heavy atom. The van der Waals surface area contributed by atoms with E-state index in [0.717, 1.165) is 22.3 Å². The van der Waals surface area contributed by atoms with E-state index in [1.807, 2.05) is 12.1 Å². The molecule has 1 aliphatic rings. The predicted molar refractivity (Wildman–Crippen MR) is 128 cm³/mol. The van der Waals surface area contributed by atoms with Crippen molar-refractivity contribution >= 4 is 73.8 Å². The average Bonchev–Trinajstić information content (AvgIpc) is 3.33. The number of halogens is 1. The van der Waals surface area contributed by atoms with Gasteiger partial charge in [0, 0.05) is 16.1 Å². The highest BCUT2D eigenvalue weighted by Gasteiger charge is 2.33. The first-order valence-corrected chi connectivity index (χ1v) is 11.0. The second-order valence-electron chi connectivity index (χ2n) is 6.60. The van der Waals surface area contributed by atoms with Crippen molar-refractivity contribution in [2.75, 3.05) is 4.90 Å². The lowest BCUT2D eigenvalue weighted by Crippen LogP contribution is -2.27. The van der Waals surface area contributed by atoms with E-state index in [1.165, 1.54) is 17.0 Å². The Balaban J connectivity index is 1.64. The third kappa shape index (κ3) is 4.38. The van der Waals surface area contributed by atoms with E-state index in [1.54, 1.807) is 30.3 Å². The number of aromatic carboxylic acids is 2. The SMILES string of the molecule is O=C(O)c1cc(C(=O)O)cc(-c2ccc(/C=C3/SC(=S)N(c4ccc(Br)cc4)C3=O)o2)c1. The van der Waals surface area contributed by atoms with E-state index in [-0.39, 0.29) is 22.8 Å². The number of nitrogens with zero attached hydrogens (tertiary/aromatic N) is 1. The molecule has 0 aliphatic carbocycles. The summed E-state index contributed by atoms with van der Waals surface area (Å²) >= 11 is 9.85. The molecular weight excluding hydrogens is 518 g/mol. The Morgan fingerprint density at radius 1 is 1.00 bits per heavy atom. The molecule has 1 fully saturated rings. The molecule has 32 heavy (non-hydrogen) atoms. The van der Waals surface area contributed by atoms with Crippen LogP contribution in [0.15, 0.2) is 68.4 Å². The topological polar surface area (TPSA) is 108 Å². The summed E-state index contributed by atoms with van der Waals surface area (Å²) in [5.74, 6) is -2.18. The van der Waals surface area contributed by atoms with Gasteiger partial charge in [0.15, 0.2) is 4.32 Å². The van der Waals surface area contributed by atoms with Gasteiger partial charge in [0.25, 0.3) is 5.91 Å². The van der Waals surface area contributed by atoms with E-state index >= 15 is 0 Å². The lowest BCUT2D eigenvalue weighted by atomic mass is 10.0. The summed E-state index contributed by atoms with van der Waals surface area (Å²) in [7, 11) is 0. The minimum absolute atomic E-state index is 0.173. The second-order valence-corrected chi connectivity index (χ2v) is 9.20. The van der Waals surface area contributed by atoms with Crippen molar-refractivity contribution in [1.29, 1.82) is 0 Å². The van der Waals surface area contributed by atoms with E-state index < -0.39 is 11.9 Å². The summed E-state index contributed by atoms with van der Waals surface area (Å²) < 4.78 is 7.01. The van der Waals surface area contributed by atoms with Crippen molar-refractivity contribution in [1.82, 2.24) is 0 Å². The van der Waals surface area contributed by atoms with Crippen molar-refractivity contribution < 1.29 is 29.0 Å². The Morgan fingerprint density at radius 3 is 2.22 bits per heavy atom. The number of carboxylic acid groups (broad SMARTS) is 2. The van der Waals surface area contributed by atoms with Gasteiger partial charge >= 0.3 is 11.9 Å². The Kier molecular flexibility index (Phi) is 6.00. The molecule has 0 saturated carbocycles. The Hall–Kier alpha value is -3.21. The molecule has 2 heterocycles. The van der Waals surface area contributed by atoms with Crippen molar-refractivity contribution in [3.8, 4) is 11.3 Å². The van der Waals surface area contributed by atoms with E-state index in [4.69, 9.17) is 16.6 Å². The second kappa shape index (κ2) is 8.73. The van der Waals surface area contributed by atoms with Gasteiger partial charge in [-0.1, -0.05) is 39.9 Å². The fraction of sp³-hybridized carbons (Fsp3) is 0.